The summed E-state index contributed by atoms with van der Waals surface area (Å²) in [5, 5.41) is 0. The smallest absolute Gasteiger partial charge is 0.200 e. The van der Waals surface area contributed by atoms with Gasteiger partial charge in [0.15, 0.2) is 11.6 Å². The lowest BCUT2D eigenvalue weighted by molar-refractivity contribution is 0.365. The maximum Gasteiger partial charge on any atom is 0.200 e. The predicted octanol–water partition coefficient (Wildman–Crippen LogP) is 2.40. The highest BCUT2D eigenvalue weighted by Crippen LogP contribution is 2.37. The lowest BCUT2D eigenvalue weighted by Crippen LogP contribution is -2.22. The van der Waals surface area contributed by atoms with E-state index in [4.69, 9.17) is 10.5 Å². The summed E-state index contributed by atoms with van der Waals surface area (Å²) in [6.45, 7) is 0. The fraction of sp³-hybridized carbons (Fsp3) is 0.500. The Balaban J connectivity index is 2.16. The molecule has 0 saturated heterocycles. The largest absolute Gasteiger partial charge is 0.493 e. The zero-order valence-corrected chi connectivity index (χ0v) is 9.22. The number of aryl methyl sites for hydroxylation is 1. The molecular formula is C12H15F2NO. The number of hydrogen-bond acceptors (Lipinski definition) is 2. The van der Waals surface area contributed by atoms with Crippen molar-refractivity contribution >= 4 is 0 Å². The molecule has 1 aromatic carbocycles. The second kappa shape index (κ2) is 4.01. The van der Waals surface area contributed by atoms with Gasteiger partial charge in [0.25, 0.3) is 0 Å². The molecule has 1 saturated carbocycles. The average Bonchev–Trinajstić information content (AvgIpc) is 2.99. The van der Waals surface area contributed by atoms with Crippen LogP contribution in [0.3, 0.4) is 0 Å². The highest BCUT2D eigenvalue weighted by molar-refractivity contribution is 5.36. The molecule has 0 heterocycles. The lowest BCUT2D eigenvalue weighted by Gasteiger charge is -2.12. The summed E-state index contributed by atoms with van der Waals surface area (Å²) in [6.07, 6.45) is 3.43. The van der Waals surface area contributed by atoms with E-state index in [-0.39, 0.29) is 11.3 Å². The molecule has 0 aliphatic heterocycles. The number of rotatable bonds is 4. The van der Waals surface area contributed by atoms with Gasteiger partial charge in [0.05, 0.1) is 7.11 Å². The van der Waals surface area contributed by atoms with Crippen LogP contribution in [0, 0.1) is 11.6 Å². The molecule has 16 heavy (non-hydrogen) atoms. The van der Waals surface area contributed by atoms with Crippen LogP contribution in [0.2, 0.25) is 0 Å². The van der Waals surface area contributed by atoms with Crippen LogP contribution >= 0.6 is 0 Å². The number of methoxy groups -OCH3 is 1. The van der Waals surface area contributed by atoms with Gasteiger partial charge in [-0.25, -0.2) is 4.39 Å². The lowest BCUT2D eigenvalue weighted by atomic mass is 10.0. The maximum absolute atomic E-state index is 13.4. The van der Waals surface area contributed by atoms with Crippen LogP contribution in [0.1, 0.15) is 24.8 Å². The van der Waals surface area contributed by atoms with Gasteiger partial charge < -0.3 is 10.5 Å². The summed E-state index contributed by atoms with van der Waals surface area (Å²) in [5.74, 6) is -1.79. The van der Waals surface area contributed by atoms with Crippen molar-refractivity contribution in [1.82, 2.24) is 0 Å². The Bertz CT molecular complexity index is 402. The Hall–Kier alpha value is -1.16. The zero-order chi connectivity index (χ0) is 11.8. The first-order valence-electron chi connectivity index (χ1n) is 5.35. The standard InChI is InChI=1S/C12H15F2NO/c1-16-11-8(2-3-9(13)10(11)14)4-5-12(15)6-7-12/h2-3H,4-7,15H2,1H3. The Morgan fingerprint density at radius 2 is 2.06 bits per heavy atom. The molecule has 4 heteroatoms. The van der Waals surface area contributed by atoms with Gasteiger partial charge in [-0.3, -0.25) is 0 Å². The third-order valence-corrected chi connectivity index (χ3v) is 3.12. The Kier molecular flexibility index (Phi) is 2.84. The second-order valence-electron chi connectivity index (χ2n) is 4.42. The van der Waals surface area contributed by atoms with E-state index in [0.29, 0.717) is 12.0 Å². The summed E-state index contributed by atoms with van der Waals surface area (Å²) in [6, 6.07) is 2.69. The number of hydrogen-bond donors (Lipinski definition) is 1. The molecule has 0 bridgehead atoms. The molecule has 2 N–H and O–H groups in total. The first-order valence-corrected chi connectivity index (χ1v) is 5.35. The number of halogens is 2. The molecule has 1 aliphatic carbocycles. The van der Waals surface area contributed by atoms with Gasteiger partial charge in [0.2, 0.25) is 5.82 Å². The Labute approximate surface area is 93.4 Å². The molecule has 0 atom stereocenters. The van der Waals surface area contributed by atoms with Gasteiger partial charge in [0.1, 0.15) is 0 Å². The number of benzene rings is 1. The predicted molar refractivity (Wildman–Crippen MR) is 57.4 cm³/mol. The van der Waals surface area contributed by atoms with Gasteiger partial charge in [-0.2, -0.15) is 4.39 Å². The molecule has 0 radical (unpaired) electrons. The van der Waals surface area contributed by atoms with Crippen molar-refractivity contribution in [3.63, 3.8) is 0 Å². The molecule has 88 valence electrons. The molecule has 2 rings (SSSR count). The minimum absolute atomic E-state index is 0.00394. The normalized spacial score (nSPS) is 17.2. The topological polar surface area (TPSA) is 35.2 Å². The SMILES string of the molecule is COc1c(CCC2(N)CC2)ccc(F)c1F. The van der Waals surface area contributed by atoms with Crippen LogP contribution in [0.25, 0.3) is 0 Å². The Morgan fingerprint density at radius 3 is 2.62 bits per heavy atom. The van der Waals surface area contributed by atoms with E-state index in [2.05, 4.69) is 0 Å². The van der Waals surface area contributed by atoms with Gasteiger partial charge >= 0.3 is 0 Å². The molecule has 1 fully saturated rings. The first-order chi connectivity index (χ1) is 7.56. The van der Waals surface area contributed by atoms with E-state index in [9.17, 15) is 8.78 Å². The fourth-order valence-electron chi connectivity index (χ4n) is 1.78. The van der Waals surface area contributed by atoms with Gasteiger partial charge in [-0.05, 0) is 37.3 Å². The molecule has 1 aromatic rings. The van der Waals surface area contributed by atoms with Crippen molar-refractivity contribution in [2.45, 2.75) is 31.2 Å². The van der Waals surface area contributed by atoms with E-state index in [1.54, 1.807) is 6.07 Å². The summed E-state index contributed by atoms with van der Waals surface area (Å²) >= 11 is 0. The van der Waals surface area contributed by atoms with E-state index in [1.165, 1.54) is 7.11 Å². The van der Waals surface area contributed by atoms with E-state index in [0.717, 1.165) is 25.3 Å². The van der Waals surface area contributed by atoms with Crippen molar-refractivity contribution in [3.8, 4) is 5.75 Å². The molecule has 2 nitrogen and oxygen atoms in total. The summed E-state index contributed by atoms with van der Waals surface area (Å²) in [7, 11) is 1.34. The van der Waals surface area contributed by atoms with Crippen molar-refractivity contribution in [1.29, 1.82) is 0 Å². The Morgan fingerprint density at radius 1 is 1.38 bits per heavy atom. The van der Waals surface area contributed by atoms with Crippen molar-refractivity contribution in [3.05, 3.63) is 29.3 Å². The third kappa shape index (κ3) is 2.16. The van der Waals surface area contributed by atoms with E-state index >= 15 is 0 Å². The highest BCUT2D eigenvalue weighted by atomic mass is 19.2. The monoisotopic (exact) mass is 227 g/mol. The van der Waals surface area contributed by atoms with Crippen LogP contribution in [0.15, 0.2) is 12.1 Å². The van der Waals surface area contributed by atoms with Crippen LogP contribution in [-0.2, 0) is 6.42 Å². The number of nitrogens with two attached hydrogens (primary N) is 1. The van der Waals surface area contributed by atoms with E-state index < -0.39 is 11.6 Å². The van der Waals surface area contributed by atoms with Crippen molar-refractivity contribution < 1.29 is 13.5 Å². The molecule has 0 spiro atoms. The fourth-order valence-corrected chi connectivity index (χ4v) is 1.78. The van der Waals surface area contributed by atoms with Crippen LogP contribution in [-0.4, -0.2) is 12.6 Å². The number of ether oxygens (including phenoxy) is 1. The average molecular weight is 227 g/mol. The van der Waals surface area contributed by atoms with Crippen molar-refractivity contribution in [2.24, 2.45) is 5.73 Å². The zero-order valence-electron chi connectivity index (χ0n) is 9.22. The van der Waals surface area contributed by atoms with Gasteiger partial charge in [-0.1, -0.05) is 6.07 Å². The molecule has 0 unspecified atom stereocenters. The van der Waals surface area contributed by atoms with Crippen LogP contribution in [0.5, 0.6) is 5.75 Å². The molecule has 1 aliphatic rings. The summed E-state index contributed by atoms with van der Waals surface area (Å²) in [5.41, 5.74) is 6.54. The van der Waals surface area contributed by atoms with Crippen LogP contribution in [0.4, 0.5) is 8.78 Å². The van der Waals surface area contributed by atoms with Gasteiger partial charge in [0, 0.05) is 5.54 Å². The van der Waals surface area contributed by atoms with Crippen molar-refractivity contribution in [2.75, 3.05) is 7.11 Å². The molecular weight excluding hydrogens is 212 g/mol. The summed E-state index contributed by atoms with van der Waals surface area (Å²) < 4.78 is 31.2. The maximum atomic E-state index is 13.4. The first kappa shape index (κ1) is 11.3. The quantitative estimate of drug-likeness (QED) is 0.857. The van der Waals surface area contributed by atoms with Crippen LogP contribution < -0.4 is 10.5 Å². The van der Waals surface area contributed by atoms with Gasteiger partial charge in [-0.15, -0.1) is 0 Å². The second-order valence-corrected chi connectivity index (χ2v) is 4.42. The highest BCUT2D eigenvalue weighted by Gasteiger charge is 2.37. The minimum Gasteiger partial charge on any atom is -0.493 e. The minimum atomic E-state index is -0.915. The molecule has 0 amide bonds. The molecule has 0 aromatic heterocycles. The third-order valence-electron chi connectivity index (χ3n) is 3.12. The summed E-state index contributed by atoms with van der Waals surface area (Å²) in [4.78, 5) is 0. The van der Waals surface area contributed by atoms with E-state index in [1.807, 2.05) is 0 Å².